The van der Waals surface area contributed by atoms with Crippen LogP contribution in [0.25, 0.3) is 0 Å². The maximum atomic E-state index is 10.9. The second kappa shape index (κ2) is 6.42. The zero-order chi connectivity index (χ0) is 14.6. The van der Waals surface area contributed by atoms with Crippen LogP contribution in [0.3, 0.4) is 0 Å². The van der Waals surface area contributed by atoms with Crippen LogP contribution in [0.1, 0.15) is 25.8 Å². The molecule has 1 N–H and O–H groups in total. The van der Waals surface area contributed by atoms with Crippen molar-refractivity contribution in [1.29, 1.82) is 0 Å². The van der Waals surface area contributed by atoms with Gasteiger partial charge < -0.3 is 9.67 Å². The molecule has 0 bridgehead atoms. The molecule has 2 aromatic rings. The summed E-state index contributed by atoms with van der Waals surface area (Å²) >= 11 is 5.90. The van der Waals surface area contributed by atoms with Gasteiger partial charge in [0.05, 0.1) is 11.9 Å². The molecular weight excluding hydrogens is 272 g/mol. The topological polar surface area (TPSA) is 38.0 Å². The largest absolute Gasteiger partial charge is 0.389 e. The van der Waals surface area contributed by atoms with Crippen molar-refractivity contribution in [2.75, 3.05) is 0 Å². The molecule has 4 heteroatoms. The normalized spacial score (nSPS) is 14.4. The molecule has 0 aliphatic carbocycles. The fraction of sp³-hybridized carbons (Fsp3) is 0.438. The van der Waals surface area contributed by atoms with Crippen molar-refractivity contribution < 1.29 is 5.11 Å². The average Bonchev–Trinajstić information content (AvgIpc) is 2.92. The molecular formula is C16H21ClN2O. The van der Waals surface area contributed by atoms with Gasteiger partial charge in [0.25, 0.3) is 0 Å². The quantitative estimate of drug-likeness (QED) is 0.884. The summed E-state index contributed by atoms with van der Waals surface area (Å²) in [4.78, 5) is 4.03. The van der Waals surface area contributed by atoms with E-state index in [1.807, 2.05) is 35.0 Å². The van der Waals surface area contributed by atoms with Gasteiger partial charge in [-0.2, -0.15) is 0 Å². The van der Waals surface area contributed by atoms with Crippen LogP contribution < -0.4 is 0 Å². The average molecular weight is 293 g/mol. The van der Waals surface area contributed by atoms with Crippen LogP contribution >= 0.6 is 11.6 Å². The molecule has 0 saturated heterocycles. The summed E-state index contributed by atoms with van der Waals surface area (Å²) in [5, 5.41) is 11.7. The van der Waals surface area contributed by atoms with Gasteiger partial charge in [0.2, 0.25) is 0 Å². The number of aromatic nitrogens is 2. The predicted molar refractivity (Wildman–Crippen MR) is 81.8 cm³/mol. The lowest BCUT2D eigenvalue weighted by Gasteiger charge is -2.32. The zero-order valence-corrected chi connectivity index (χ0v) is 12.7. The molecule has 1 aromatic heterocycles. The molecule has 0 fully saturated rings. The summed E-state index contributed by atoms with van der Waals surface area (Å²) in [6.07, 6.45) is 6.79. The summed E-state index contributed by atoms with van der Waals surface area (Å²) in [6.45, 7) is 4.88. The van der Waals surface area contributed by atoms with Crippen molar-refractivity contribution in [1.82, 2.24) is 9.55 Å². The van der Waals surface area contributed by atoms with Gasteiger partial charge in [-0.3, -0.25) is 0 Å². The Bertz CT molecular complexity index is 522. The molecule has 0 aliphatic heterocycles. The Balaban J connectivity index is 2.06. The minimum Gasteiger partial charge on any atom is -0.389 e. The molecule has 0 spiro atoms. The fourth-order valence-electron chi connectivity index (χ4n) is 2.28. The Morgan fingerprint density at radius 2 is 2.00 bits per heavy atom. The summed E-state index contributed by atoms with van der Waals surface area (Å²) in [6, 6.07) is 7.70. The van der Waals surface area contributed by atoms with E-state index in [1.54, 1.807) is 12.5 Å². The van der Waals surface area contributed by atoms with Crippen LogP contribution in [0.5, 0.6) is 0 Å². The highest BCUT2D eigenvalue weighted by Crippen LogP contribution is 2.27. The maximum Gasteiger partial charge on any atom is 0.0945 e. The highest BCUT2D eigenvalue weighted by atomic mass is 35.5. The lowest BCUT2D eigenvalue weighted by molar-refractivity contribution is -0.0162. The first-order valence-corrected chi connectivity index (χ1v) is 7.30. The number of nitrogens with zero attached hydrogens (tertiary/aromatic N) is 2. The highest BCUT2D eigenvalue weighted by Gasteiger charge is 2.30. The number of rotatable bonds is 6. The van der Waals surface area contributed by atoms with E-state index in [1.165, 1.54) is 0 Å². The van der Waals surface area contributed by atoms with Gasteiger partial charge in [-0.05, 0) is 30.0 Å². The molecule has 20 heavy (non-hydrogen) atoms. The van der Waals surface area contributed by atoms with Gasteiger partial charge in [0.1, 0.15) is 0 Å². The van der Waals surface area contributed by atoms with Crippen LogP contribution in [0, 0.1) is 5.92 Å². The van der Waals surface area contributed by atoms with E-state index in [2.05, 4.69) is 18.8 Å². The van der Waals surface area contributed by atoms with Crippen LogP contribution in [-0.2, 0) is 13.0 Å². The Labute approximate surface area is 125 Å². The SMILES string of the molecule is CC(C)C(O)(CCn1ccnc1)Cc1ccc(Cl)cc1. The summed E-state index contributed by atoms with van der Waals surface area (Å²) in [5.74, 6) is 0.182. The maximum absolute atomic E-state index is 10.9. The number of benzene rings is 1. The smallest absolute Gasteiger partial charge is 0.0945 e. The lowest BCUT2D eigenvalue weighted by Crippen LogP contribution is -2.38. The predicted octanol–water partition coefficient (Wildman–Crippen LogP) is 3.56. The van der Waals surface area contributed by atoms with Gasteiger partial charge in [-0.15, -0.1) is 0 Å². The molecule has 1 unspecified atom stereocenters. The van der Waals surface area contributed by atoms with Crippen molar-refractivity contribution in [3.63, 3.8) is 0 Å². The lowest BCUT2D eigenvalue weighted by atomic mass is 9.81. The Morgan fingerprint density at radius 1 is 1.30 bits per heavy atom. The number of hydrogen-bond acceptors (Lipinski definition) is 2. The minimum absolute atomic E-state index is 0.182. The monoisotopic (exact) mass is 292 g/mol. The highest BCUT2D eigenvalue weighted by molar-refractivity contribution is 6.30. The first kappa shape index (κ1) is 15.1. The van der Waals surface area contributed by atoms with E-state index < -0.39 is 5.60 Å². The van der Waals surface area contributed by atoms with Crippen molar-refractivity contribution in [2.24, 2.45) is 5.92 Å². The molecule has 1 aromatic carbocycles. The fourth-order valence-corrected chi connectivity index (χ4v) is 2.40. The Morgan fingerprint density at radius 3 is 2.55 bits per heavy atom. The molecule has 1 atom stereocenters. The molecule has 3 nitrogen and oxygen atoms in total. The van der Waals surface area contributed by atoms with Crippen molar-refractivity contribution in [3.05, 3.63) is 53.6 Å². The van der Waals surface area contributed by atoms with Gasteiger partial charge in [-0.25, -0.2) is 4.98 Å². The summed E-state index contributed by atoms with van der Waals surface area (Å²) < 4.78 is 2.00. The molecule has 0 radical (unpaired) electrons. The number of aliphatic hydroxyl groups is 1. The number of halogens is 1. The van der Waals surface area contributed by atoms with E-state index in [4.69, 9.17) is 11.6 Å². The molecule has 1 heterocycles. The molecule has 2 rings (SSSR count). The zero-order valence-electron chi connectivity index (χ0n) is 12.0. The van der Waals surface area contributed by atoms with Gasteiger partial charge >= 0.3 is 0 Å². The van der Waals surface area contributed by atoms with Crippen LogP contribution in [0.15, 0.2) is 43.0 Å². The summed E-state index contributed by atoms with van der Waals surface area (Å²) in [5.41, 5.74) is 0.384. The van der Waals surface area contributed by atoms with Gasteiger partial charge in [0.15, 0.2) is 0 Å². The van der Waals surface area contributed by atoms with E-state index in [0.717, 1.165) is 17.1 Å². The van der Waals surface area contributed by atoms with Crippen LogP contribution in [-0.4, -0.2) is 20.3 Å². The number of imidazole rings is 1. The first-order chi connectivity index (χ1) is 9.49. The molecule has 0 amide bonds. The Hall–Kier alpha value is -1.32. The minimum atomic E-state index is -0.724. The first-order valence-electron chi connectivity index (χ1n) is 6.92. The van der Waals surface area contributed by atoms with Crippen LogP contribution in [0.2, 0.25) is 5.02 Å². The van der Waals surface area contributed by atoms with E-state index in [9.17, 15) is 5.11 Å². The summed E-state index contributed by atoms with van der Waals surface area (Å²) in [7, 11) is 0. The molecule has 0 saturated carbocycles. The second-order valence-corrected chi connectivity index (χ2v) is 6.05. The van der Waals surface area contributed by atoms with Gasteiger partial charge in [0, 0.05) is 30.4 Å². The van der Waals surface area contributed by atoms with E-state index in [-0.39, 0.29) is 5.92 Å². The van der Waals surface area contributed by atoms with Crippen molar-refractivity contribution in [3.8, 4) is 0 Å². The third-order valence-corrected chi connectivity index (χ3v) is 4.11. The van der Waals surface area contributed by atoms with Crippen molar-refractivity contribution in [2.45, 2.75) is 38.8 Å². The van der Waals surface area contributed by atoms with E-state index in [0.29, 0.717) is 12.8 Å². The van der Waals surface area contributed by atoms with Crippen LogP contribution in [0.4, 0.5) is 0 Å². The second-order valence-electron chi connectivity index (χ2n) is 5.61. The molecule has 108 valence electrons. The third-order valence-electron chi connectivity index (χ3n) is 3.86. The standard InChI is InChI=1S/C16H21ClN2O/c1-13(2)16(20,7-9-19-10-8-18-12-19)11-14-3-5-15(17)6-4-14/h3-6,8,10,12-13,20H,7,9,11H2,1-2H3. The van der Waals surface area contributed by atoms with Crippen molar-refractivity contribution >= 4 is 11.6 Å². The number of aryl methyl sites for hydroxylation is 1. The number of hydrogen-bond donors (Lipinski definition) is 1. The van der Waals surface area contributed by atoms with E-state index >= 15 is 0 Å². The molecule has 0 aliphatic rings. The third kappa shape index (κ3) is 3.84. The Kier molecular flexibility index (Phi) is 4.84. The van der Waals surface area contributed by atoms with Gasteiger partial charge in [-0.1, -0.05) is 37.6 Å².